The molecule has 0 fully saturated rings. The number of aromatic nitrogens is 2. The lowest BCUT2D eigenvalue weighted by Crippen LogP contribution is -2.32. The van der Waals surface area contributed by atoms with Crippen molar-refractivity contribution in [3.8, 4) is 11.5 Å². The first kappa shape index (κ1) is 19.4. The largest absolute Gasteiger partial charge is 0.493 e. The molecule has 0 spiro atoms. The van der Waals surface area contributed by atoms with Crippen LogP contribution in [-0.2, 0) is 6.54 Å². The maximum atomic E-state index is 12.8. The van der Waals surface area contributed by atoms with E-state index >= 15 is 0 Å². The van der Waals surface area contributed by atoms with Crippen LogP contribution in [0, 0.1) is 6.92 Å². The van der Waals surface area contributed by atoms with E-state index in [1.54, 1.807) is 29.2 Å². The second-order valence-electron chi connectivity index (χ2n) is 6.42. The number of carbonyl (C=O) groups excluding carboxylic acids is 1. The maximum Gasteiger partial charge on any atom is 0.258 e. The second kappa shape index (κ2) is 8.12. The highest BCUT2D eigenvalue weighted by molar-refractivity contribution is 5.94. The third-order valence-electron chi connectivity index (χ3n) is 4.57. The summed E-state index contributed by atoms with van der Waals surface area (Å²) in [5, 5.41) is 0.398. The number of rotatable bonds is 6. The predicted octanol–water partition coefficient (Wildman–Crippen LogP) is 2.91. The minimum Gasteiger partial charge on any atom is -0.493 e. The van der Waals surface area contributed by atoms with Crippen LogP contribution < -0.4 is 15.0 Å². The number of ether oxygens (including phenoxy) is 2. The van der Waals surface area contributed by atoms with Gasteiger partial charge in [0.1, 0.15) is 5.82 Å². The van der Waals surface area contributed by atoms with Crippen molar-refractivity contribution in [3.63, 3.8) is 0 Å². The molecule has 3 aromatic rings. The Labute approximate surface area is 162 Å². The molecule has 1 aromatic heterocycles. The average molecular weight is 381 g/mol. The number of aryl methyl sites for hydroxylation is 1. The number of H-pyrrole nitrogens is 1. The summed E-state index contributed by atoms with van der Waals surface area (Å²) in [6.45, 7) is 4.54. The first-order valence-corrected chi connectivity index (χ1v) is 8.97. The summed E-state index contributed by atoms with van der Waals surface area (Å²) in [6.07, 6.45) is 0. The molecule has 28 heavy (non-hydrogen) atoms. The van der Waals surface area contributed by atoms with Gasteiger partial charge in [-0.25, -0.2) is 4.98 Å². The van der Waals surface area contributed by atoms with Gasteiger partial charge < -0.3 is 19.4 Å². The number of hydrogen-bond acceptors (Lipinski definition) is 5. The standard InChI is InChI=1S/C21H23N3O4/c1-5-24(21(26)14-8-6-13(2)7-9-14)12-19-22-16-11-18(28-4)17(27-3)10-15(16)20(25)23-19/h6-11H,5,12H2,1-4H3,(H,22,23,25). The molecule has 146 valence electrons. The molecular weight excluding hydrogens is 358 g/mol. The smallest absolute Gasteiger partial charge is 0.258 e. The molecule has 0 atom stereocenters. The van der Waals surface area contributed by atoms with Gasteiger partial charge in [-0.15, -0.1) is 0 Å². The van der Waals surface area contributed by atoms with E-state index in [9.17, 15) is 9.59 Å². The summed E-state index contributed by atoms with van der Waals surface area (Å²) < 4.78 is 10.5. The van der Waals surface area contributed by atoms with Crippen molar-refractivity contribution in [1.82, 2.24) is 14.9 Å². The maximum absolute atomic E-state index is 12.8. The average Bonchev–Trinajstić information content (AvgIpc) is 2.71. The quantitative estimate of drug-likeness (QED) is 0.710. The number of carbonyl (C=O) groups is 1. The Morgan fingerprint density at radius 2 is 1.75 bits per heavy atom. The van der Waals surface area contributed by atoms with Crippen LogP contribution >= 0.6 is 0 Å². The molecule has 7 heteroatoms. The zero-order chi connectivity index (χ0) is 20.3. The fourth-order valence-corrected chi connectivity index (χ4v) is 2.98. The van der Waals surface area contributed by atoms with Crippen LogP contribution in [0.1, 0.15) is 28.7 Å². The lowest BCUT2D eigenvalue weighted by Gasteiger charge is -2.20. The molecule has 0 bridgehead atoms. The predicted molar refractivity (Wildman–Crippen MR) is 107 cm³/mol. The van der Waals surface area contributed by atoms with Gasteiger partial charge in [0.15, 0.2) is 11.5 Å². The van der Waals surface area contributed by atoms with Crippen LogP contribution in [0.2, 0.25) is 0 Å². The SMILES string of the molecule is CCN(Cc1nc2cc(OC)c(OC)cc2c(=O)[nH]1)C(=O)c1ccc(C)cc1. The first-order valence-electron chi connectivity index (χ1n) is 8.97. The summed E-state index contributed by atoms with van der Waals surface area (Å²) >= 11 is 0. The van der Waals surface area contributed by atoms with Crippen molar-refractivity contribution in [1.29, 1.82) is 0 Å². The zero-order valence-corrected chi connectivity index (χ0v) is 16.4. The van der Waals surface area contributed by atoms with Crippen molar-refractivity contribution in [2.24, 2.45) is 0 Å². The van der Waals surface area contributed by atoms with Gasteiger partial charge in [-0.05, 0) is 32.0 Å². The lowest BCUT2D eigenvalue weighted by molar-refractivity contribution is 0.0748. The number of nitrogens with one attached hydrogen (secondary N) is 1. The monoisotopic (exact) mass is 381 g/mol. The van der Waals surface area contributed by atoms with Gasteiger partial charge in [0.2, 0.25) is 0 Å². The van der Waals surface area contributed by atoms with Crippen LogP contribution in [0.25, 0.3) is 10.9 Å². The Morgan fingerprint density at radius 1 is 1.11 bits per heavy atom. The summed E-state index contributed by atoms with van der Waals surface area (Å²) in [5.74, 6) is 1.24. The molecule has 0 aliphatic heterocycles. The number of benzene rings is 2. The molecule has 7 nitrogen and oxygen atoms in total. The van der Waals surface area contributed by atoms with Crippen molar-refractivity contribution < 1.29 is 14.3 Å². The number of methoxy groups -OCH3 is 2. The van der Waals surface area contributed by atoms with Crippen molar-refractivity contribution in [2.75, 3.05) is 20.8 Å². The topological polar surface area (TPSA) is 84.5 Å². The highest BCUT2D eigenvalue weighted by Crippen LogP contribution is 2.30. The normalized spacial score (nSPS) is 10.7. The minimum atomic E-state index is -0.292. The summed E-state index contributed by atoms with van der Waals surface area (Å²) in [7, 11) is 3.03. The summed E-state index contributed by atoms with van der Waals surface area (Å²) in [4.78, 5) is 34.2. The minimum absolute atomic E-state index is 0.113. The fraction of sp³-hybridized carbons (Fsp3) is 0.286. The van der Waals surface area contributed by atoms with E-state index in [-0.39, 0.29) is 18.0 Å². The summed E-state index contributed by atoms with van der Waals surface area (Å²) in [5.41, 5.74) is 1.88. The van der Waals surface area contributed by atoms with Crippen LogP contribution in [0.15, 0.2) is 41.2 Å². The van der Waals surface area contributed by atoms with Crippen LogP contribution in [-0.4, -0.2) is 41.5 Å². The molecule has 0 aliphatic carbocycles. The molecule has 2 aromatic carbocycles. The molecule has 0 aliphatic rings. The molecule has 1 heterocycles. The highest BCUT2D eigenvalue weighted by Gasteiger charge is 2.17. The number of nitrogens with zero attached hydrogens (tertiary/aromatic N) is 2. The van der Waals surface area contributed by atoms with E-state index in [0.29, 0.717) is 40.3 Å². The Bertz CT molecular complexity index is 1060. The van der Waals surface area contributed by atoms with Crippen molar-refractivity contribution >= 4 is 16.8 Å². The van der Waals surface area contributed by atoms with Gasteiger partial charge in [0, 0.05) is 18.2 Å². The van der Waals surface area contributed by atoms with E-state index in [1.807, 2.05) is 26.0 Å². The first-order chi connectivity index (χ1) is 13.5. The molecule has 1 amide bonds. The molecule has 0 radical (unpaired) electrons. The molecule has 1 N–H and O–H groups in total. The fourth-order valence-electron chi connectivity index (χ4n) is 2.98. The van der Waals surface area contributed by atoms with Crippen LogP contribution in [0.4, 0.5) is 0 Å². The lowest BCUT2D eigenvalue weighted by atomic mass is 10.1. The number of hydrogen-bond donors (Lipinski definition) is 1. The van der Waals surface area contributed by atoms with Gasteiger partial charge in [-0.2, -0.15) is 0 Å². The zero-order valence-electron chi connectivity index (χ0n) is 16.4. The van der Waals surface area contributed by atoms with E-state index in [2.05, 4.69) is 9.97 Å². The van der Waals surface area contributed by atoms with E-state index in [1.165, 1.54) is 14.2 Å². The van der Waals surface area contributed by atoms with Gasteiger partial charge in [-0.3, -0.25) is 9.59 Å². The number of aromatic amines is 1. The van der Waals surface area contributed by atoms with Gasteiger partial charge in [0.25, 0.3) is 11.5 Å². The summed E-state index contributed by atoms with van der Waals surface area (Å²) in [6, 6.07) is 10.7. The molecule has 0 saturated carbocycles. The van der Waals surface area contributed by atoms with E-state index in [0.717, 1.165) is 5.56 Å². The van der Waals surface area contributed by atoms with Gasteiger partial charge >= 0.3 is 0 Å². The second-order valence-corrected chi connectivity index (χ2v) is 6.42. The molecule has 0 unspecified atom stereocenters. The highest BCUT2D eigenvalue weighted by atomic mass is 16.5. The Morgan fingerprint density at radius 3 is 2.36 bits per heavy atom. The third-order valence-corrected chi connectivity index (χ3v) is 4.57. The Hall–Kier alpha value is -3.35. The van der Waals surface area contributed by atoms with Crippen LogP contribution in [0.3, 0.4) is 0 Å². The van der Waals surface area contributed by atoms with Crippen LogP contribution in [0.5, 0.6) is 11.5 Å². The van der Waals surface area contributed by atoms with Crippen molar-refractivity contribution in [3.05, 3.63) is 63.7 Å². The Balaban J connectivity index is 1.94. The molecule has 3 rings (SSSR count). The van der Waals surface area contributed by atoms with Crippen molar-refractivity contribution in [2.45, 2.75) is 20.4 Å². The molecular formula is C21H23N3O4. The number of amides is 1. The number of fused-ring (bicyclic) bond motifs is 1. The molecule has 0 saturated heterocycles. The van der Waals surface area contributed by atoms with E-state index in [4.69, 9.17) is 9.47 Å². The van der Waals surface area contributed by atoms with Gasteiger partial charge in [-0.1, -0.05) is 17.7 Å². The third kappa shape index (κ3) is 3.83. The Kier molecular flexibility index (Phi) is 5.63. The van der Waals surface area contributed by atoms with Gasteiger partial charge in [0.05, 0.1) is 31.7 Å². The van der Waals surface area contributed by atoms with E-state index < -0.39 is 0 Å².